The predicted molar refractivity (Wildman–Crippen MR) is 59.4 cm³/mol. The first-order valence-electron chi connectivity index (χ1n) is 5.12. The van der Waals surface area contributed by atoms with Gasteiger partial charge in [0.25, 0.3) is 5.91 Å². The van der Waals surface area contributed by atoms with E-state index in [-0.39, 0.29) is 5.91 Å². The number of rotatable bonds is 5. The second-order valence-corrected chi connectivity index (χ2v) is 3.63. The molecule has 0 saturated heterocycles. The van der Waals surface area contributed by atoms with Gasteiger partial charge in [0.1, 0.15) is 0 Å². The lowest BCUT2D eigenvalue weighted by atomic mass is 10.1. The summed E-state index contributed by atoms with van der Waals surface area (Å²) in [5.41, 5.74) is 6.02. The maximum absolute atomic E-state index is 11.6. The third-order valence-corrected chi connectivity index (χ3v) is 2.19. The van der Waals surface area contributed by atoms with Crippen LogP contribution in [0.3, 0.4) is 0 Å². The Hall–Kier alpha value is -1.42. The Morgan fingerprint density at radius 1 is 1.67 bits per heavy atom. The second kappa shape index (κ2) is 6.14. The van der Waals surface area contributed by atoms with Gasteiger partial charge in [-0.05, 0) is 31.0 Å². The molecule has 0 spiro atoms. The van der Waals surface area contributed by atoms with Crippen molar-refractivity contribution >= 4 is 5.91 Å². The lowest BCUT2D eigenvalue weighted by Gasteiger charge is -2.10. The van der Waals surface area contributed by atoms with E-state index in [1.165, 1.54) is 0 Å². The van der Waals surface area contributed by atoms with Crippen LogP contribution in [0.4, 0.5) is 0 Å². The Kier molecular flexibility index (Phi) is 4.77. The third-order valence-electron chi connectivity index (χ3n) is 2.19. The Bertz CT molecular complexity index is 300. The van der Waals surface area contributed by atoms with Crippen molar-refractivity contribution < 1.29 is 4.79 Å². The van der Waals surface area contributed by atoms with Crippen LogP contribution in [-0.4, -0.2) is 24.0 Å². The fourth-order valence-corrected chi connectivity index (χ4v) is 1.25. The lowest BCUT2D eigenvalue weighted by Crippen LogP contribution is -2.29. The first-order chi connectivity index (χ1) is 7.24. The quantitative estimate of drug-likeness (QED) is 0.750. The van der Waals surface area contributed by atoms with E-state index in [9.17, 15) is 4.79 Å². The van der Waals surface area contributed by atoms with Crippen LogP contribution in [0.25, 0.3) is 0 Å². The summed E-state index contributed by atoms with van der Waals surface area (Å²) in [5, 5.41) is 2.85. The lowest BCUT2D eigenvalue weighted by molar-refractivity contribution is 0.0947. The molecule has 0 aromatic carbocycles. The van der Waals surface area contributed by atoms with E-state index < -0.39 is 0 Å². The molecule has 1 heterocycles. The first kappa shape index (κ1) is 11.7. The van der Waals surface area contributed by atoms with Gasteiger partial charge in [0.2, 0.25) is 0 Å². The molecule has 1 aromatic heterocycles. The standard InChI is InChI=1S/C11H17N3O/c1-9(4-5-12)7-14-11(15)10-3-2-6-13-8-10/h2-3,6,8-9H,4-5,7,12H2,1H3,(H,14,15). The summed E-state index contributed by atoms with van der Waals surface area (Å²) in [7, 11) is 0. The summed E-state index contributed by atoms with van der Waals surface area (Å²) >= 11 is 0. The predicted octanol–water partition coefficient (Wildman–Crippen LogP) is 0.796. The van der Waals surface area contributed by atoms with Gasteiger partial charge in [0, 0.05) is 18.9 Å². The van der Waals surface area contributed by atoms with Crippen LogP contribution in [0.1, 0.15) is 23.7 Å². The van der Waals surface area contributed by atoms with E-state index in [2.05, 4.69) is 17.2 Å². The Labute approximate surface area is 89.9 Å². The molecule has 15 heavy (non-hydrogen) atoms. The molecule has 82 valence electrons. The van der Waals surface area contributed by atoms with Gasteiger partial charge < -0.3 is 11.1 Å². The van der Waals surface area contributed by atoms with E-state index in [0.29, 0.717) is 24.6 Å². The molecular formula is C11H17N3O. The van der Waals surface area contributed by atoms with Gasteiger partial charge in [-0.3, -0.25) is 9.78 Å². The van der Waals surface area contributed by atoms with Gasteiger partial charge in [0.15, 0.2) is 0 Å². The van der Waals surface area contributed by atoms with E-state index >= 15 is 0 Å². The van der Waals surface area contributed by atoms with Crippen LogP contribution in [0, 0.1) is 5.92 Å². The van der Waals surface area contributed by atoms with Gasteiger partial charge >= 0.3 is 0 Å². The molecule has 1 amide bonds. The highest BCUT2D eigenvalue weighted by Gasteiger charge is 2.06. The fourth-order valence-electron chi connectivity index (χ4n) is 1.25. The van der Waals surface area contributed by atoms with Gasteiger partial charge in [-0.15, -0.1) is 0 Å². The number of nitrogens with zero attached hydrogens (tertiary/aromatic N) is 1. The van der Waals surface area contributed by atoms with E-state index in [4.69, 9.17) is 5.73 Å². The third kappa shape index (κ3) is 4.08. The van der Waals surface area contributed by atoms with Crippen LogP contribution >= 0.6 is 0 Å². The number of carbonyl (C=O) groups excluding carboxylic acids is 1. The van der Waals surface area contributed by atoms with Crippen molar-refractivity contribution in [2.75, 3.05) is 13.1 Å². The summed E-state index contributed by atoms with van der Waals surface area (Å²) in [6.45, 7) is 3.38. The van der Waals surface area contributed by atoms with Crippen molar-refractivity contribution in [2.45, 2.75) is 13.3 Å². The Morgan fingerprint density at radius 2 is 2.47 bits per heavy atom. The first-order valence-corrected chi connectivity index (χ1v) is 5.12. The summed E-state index contributed by atoms with van der Waals surface area (Å²) in [6, 6.07) is 3.49. The number of nitrogens with one attached hydrogen (secondary N) is 1. The average Bonchev–Trinajstić information content (AvgIpc) is 2.27. The topological polar surface area (TPSA) is 68.0 Å². The molecule has 0 aliphatic carbocycles. The van der Waals surface area contributed by atoms with Crippen molar-refractivity contribution in [1.82, 2.24) is 10.3 Å². The molecule has 0 fully saturated rings. The van der Waals surface area contributed by atoms with Crippen molar-refractivity contribution in [3.8, 4) is 0 Å². The van der Waals surface area contributed by atoms with Gasteiger partial charge in [0.05, 0.1) is 5.56 Å². The number of aromatic nitrogens is 1. The largest absolute Gasteiger partial charge is 0.352 e. The summed E-state index contributed by atoms with van der Waals surface area (Å²) in [5.74, 6) is 0.336. The normalized spacial score (nSPS) is 12.1. The number of hydrogen-bond acceptors (Lipinski definition) is 3. The molecule has 0 bridgehead atoms. The molecule has 4 heteroatoms. The van der Waals surface area contributed by atoms with Crippen molar-refractivity contribution in [3.63, 3.8) is 0 Å². The van der Waals surface area contributed by atoms with Gasteiger partial charge in [-0.1, -0.05) is 6.92 Å². The highest BCUT2D eigenvalue weighted by atomic mass is 16.1. The minimum Gasteiger partial charge on any atom is -0.352 e. The fraction of sp³-hybridized carbons (Fsp3) is 0.455. The van der Waals surface area contributed by atoms with Crippen molar-refractivity contribution in [2.24, 2.45) is 11.7 Å². The van der Waals surface area contributed by atoms with E-state index in [0.717, 1.165) is 6.42 Å². The SMILES string of the molecule is CC(CCN)CNC(=O)c1cccnc1. The molecular weight excluding hydrogens is 190 g/mol. The molecule has 4 nitrogen and oxygen atoms in total. The van der Waals surface area contributed by atoms with Crippen molar-refractivity contribution in [1.29, 1.82) is 0 Å². The summed E-state index contributed by atoms with van der Waals surface area (Å²) < 4.78 is 0. The average molecular weight is 207 g/mol. The Balaban J connectivity index is 2.37. The smallest absolute Gasteiger partial charge is 0.252 e. The number of carbonyl (C=O) groups is 1. The number of nitrogens with two attached hydrogens (primary N) is 1. The molecule has 1 atom stereocenters. The number of hydrogen-bond donors (Lipinski definition) is 2. The number of amides is 1. The summed E-state index contributed by atoms with van der Waals surface area (Å²) in [4.78, 5) is 15.5. The van der Waals surface area contributed by atoms with Crippen LogP contribution in [0.5, 0.6) is 0 Å². The zero-order valence-corrected chi connectivity index (χ0v) is 8.94. The molecule has 0 aliphatic rings. The summed E-state index contributed by atoms with van der Waals surface area (Å²) in [6.07, 6.45) is 4.13. The number of pyridine rings is 1. The van der Waals surface area contributed by atoms with Crippen LogP contribution < -0.4 is 11.1 Å². The monoisotopic (exact) mass is 207 g/mol. The zero-order chi connectivity index (χ0) is 11.1. The van der Waals surface area contributed by atoms with Gasteiger partial charge in [-0.25, -0.2) is 0 Å². The zero-order valence-electron chi connectivity index (χ0n) is 8.94. The highest BCUT2D eigenvalue weighted by molar-refractivity contribution is 5.93. The minimum absolute atomic E-state index is 0.0769. The molecule has 1 rings (SSSR count). The molecule has 0 aliphatic heterocycles. The van der Waals surface area contributed by atoms with E-state index in [1.54, 1.807) is 24.5 Å². The van der Waals surface area contributed by atoms with E-state index in [1.807, 2.05) is 0 Å². The van der Waals surface area contributed by atoms with Crippen LogP contribution in [0.15, 0.2) is 24.5 Å². The van der Waals surface area contributed by atoms with Crippen molar-refractivity contribution in [3.05, 3.63) is 30.1 Å². The minimum atomic E-state index is -0.0769. The Morgan fingerprint density at radius 3 is 3.07 bits per heavy atom. The maximum Gasteiger partial charge on any atom is 0.252 e. The molecule has 0 saturated carbocycles. The van der Waals surface area contributed by atoms with Crippen LogP contribution in [0.2, 0.25) is 0 Å². The van der Waals surface area contributed by atoms with Gasteiger partial charge in [-0.2, -0.15) is 0 Å². The highest BCUT2D eigenvalue weighted by Crippen LogP contribution is 1.99. The molecule has 0 radical (unpaired) electrons. The second-order valence-electron chi connectivity index (χ2n) is 3.63. The van der Waals surface area contributed by atoms with Crippen LogP contribution in [-0.2, 0) is 0 Å². The molecule has 1 unspecified atom stereocenters. The molecule has 3 N–H and O–H groups in total. The molecule has 1 aromatic rings. The maximum atomic E-state index is 11.6.